The molecule has 0 saturated carbocycles. The quantitative estimate of drug-likeness (QED) is 0.911. The van der Waals surface area contributed by atoms with E-state index in [4.69, 9.17) is 21.4 Å². The predicted octanol–water partition coefficient (Wildman–Crippen LogP) is 3.78. The molecule has 20 heavy (non-hydrogen) atoms. The molecule has 3 nitrogen and oxygen atoms in total. The van der Waals surface area contributed by atoms with E-state index >= 15 is 0 Å². The summed E-state index contributed by atoms with van der Waals surface area (Å²) in [6.45, 7) is 1.50. The Hall–Kier alpha value is -2.00. The van der Waals surface area contributed by atoms with Crippen LogP contribution in [0, 0.1) is 0 Å². The van der Waals surface area contributed by atoms with E-state index in [2.05, 4.69) is 0 Å². The summed E-state index contributed by atoms with van der Waals surface area (Å²) < 4.78 is 5.28. The third-order valence-electron chi connectivity index (χ3n) is 2.91. The summed E-state index contributed by atoms with van der Waals surface area (Å²) in [5, 5.41) is 9.50. The van der Waals surface area contributed by atoms with Crippen molar-refractivity contribution in [3.8, 4) is 5.75 Å². The Morgan fingerprint density at radius 1 is 1.10 bits per heavy atom. The molecule has 104 valence electrons. The minimum Gasteiger partial charge on any atom is -0.479 e. The Bertz CT molecular complexity index is 576. The minimum atomic E-state index is -0.977. The van der Waals surface area contributed by atoms with Gasteiger partial charge in [0.25, 0.3) is 0 Å². The first kappa shape index (κ1) is 14.4. The molecular weight excluding hydrogens is 276 g/mol. The third kappa shape index (κ3) is 4.00. The molecule has 0 amide bonds. The number of aliphatic carboxylic acids is 1. The molecule has 0 radical (unpaired) electrons. The first-order valence-electron chi connectivity index (χ1n) is 6.27. The average molecular weight is 291 g/mol. The molecule has 2 rings (SSSR count). The number of carbonyl (C=O) groups is 1. The second-order valence-electron chi connectivity index (χ2n) is 4.55. The summed E-state index contributed by atoms with van der Waals surface area (Å²) in [5.41, 5.74) is 2.30. The molecule has 0 saturated heterocycles. The lowest BCUT2D eigenvalue weighted by Crippen LogP contribution is -2.22. The van der Waals surface area contributed by atoms with E-state index in [1.165, 1.54) is 12.5 Å². The molecule has 0 fully saturated rings. The maximum absolute atomic E-state index is 10.7. The number of ether oxygens (including phenoxy) is 1. The van der Waals surface area contributed by atoms with Gasteiger partial charge in [0.2, 0.25) is 0 Å². The summed E-state index contributed by atoms with van der Waals surface area (Å²) in [6.07, 6.45) is -0.0523. The molecule has 0 heterocycles. The van der Waals surface area contributed by atoms with Gasteiger partial charge in [-0.05, 0) is 48.7 Å². The van der Waals surface area contributed by atoms with Crippen LogP contribution in [0.25, 0.3) is 0 Å². The number of hydrogen-bond donors (Lipinski definition) is 1. The zero-order valence-electron chi connectivity index (χ0n) is 11.0. The van der Waals surface area contributed by atoms with Crippen LogP contribution in [0.15, 0.2) is 48.5 Å². The van der Waals surface area contributed by atoms with Crippen molar-refractivity contribution in [2.24, 2.45) is 0 Å². The van der Waals surface area contributed by atoms with Gasteiger partial charge in [-0.25, -0.2) is 4.79 Å². The van der Waals surface area contributed by atoms with Crippen LogP contribution >= 0.6 is 11.6 Å². The standard InChI is InChI=1S/C16H15ClO3/c1-11(16(18)19)20-15-8-4-13(5-9-15)10-12-2-6-14(17)7-3-12/h2-9,11H,10H2,1H3,(H,18,19)/t11-/m1/s1. The fraction of sp³-hybridized carbons (Fsp3) is 0.188. The fourth-order valence-electron chi connectivity index (χ4n) is 1.78. The van der Waals surface area contributed by atoms with Crippen LogP contribution in [0.5, 0.6) is 5.75 Å². The number of carboxylic acids is 1. The lowest BCUT2D eigenvalue weighted by Gasteiger charge is -2.10. The molecule has 0 unspecified atom stereocenters. The highest BCUT2D eigenvalue weighted by atomic mass is 35.5. The van der Waals surface area contributed by atoms with Crippen LogP contribution in [0.1, 0.15) is 18.1 Å². The molecule has 1 N–H and O–H groups in total. The lowest BCUT2D eigenvalue weighted by atomic mass is 10.1. The molecular formula is C16H15ClO3. The molecule has 0 bridgehead atoms. The van der Waals surface area contributed by atoms with Crippen molar-refractivity contribution in [2.45, 2.75) is 19.4 Å². The maximum Gasteiger partial charge on any atom is 0.344 e. The lowest BCUT2D eigenvalue weighted by molar-refractivity contribution is -0.144. The Balaban J connectivity index is 2.01. The highest BCUT2D eigenvalue weighted by molar-refractivity contribution is 6.30. The molecule has 1 atom stereocenters. The SMILES string of the molecule is C[C@@H](Oc1ccc(Cc2ccc(Cl)cc2)cc1)C(=O)O. The Morgan fingerprint density at radius 2 is 1.60 bits per heavy atom. The van der Waals surface area contributed by atoms with E-state index in [9.17, 15) is 4.79 Å². The molecule has 0 aliphatic rings. The van der Waals surface area contributed by atoms with E-state index in [-0.39, 0.29) is 0 Å². The van der Waals surface area contributed by atoms with Gasteiger partial charge in [0.05, 0.1) is 0 Å². The van der Waals surface area contributed by atoms with Gasteiger partial charge in [0.15, 0.2) is 6.10 Å². The minimum absolute atomic E-state index is 0.555. The van der Waals surface area contributed by atoms with Crippen LogP contribution in [-0.2, 0) is 11.2 Å². The molecule has 0 aliphatic carbocycles. The average Bonchev–Trinajstić information content (AvgIpc) is 2.43. The van der Waals surface area contributed by atoms with Crippen molar-refractivity contribution < 1.29 is 14.6 Å². The topological polar surface area (TPSA) is 46.5 Å². The Morgan fingerprint density at radius 3 is 2.10 bits per heavy atom. The van der Waals surface area contributed by atoms with E-state index in [0.29, 0.717) is 5.75 Å². The zero-order chi connectivity index (χ0) is 14.5. The van der Waals surface area contributed by atoms with Crippen LogP contribution in [0.2, 0.25) is 5.02 Å². The molecule has 0 aromatic heterocycles. The molecule has 4 heteroatoms. The summed E-state index contributed by atoms with van der Waals surface area (Å²) in [4.78, 5) is 10.7. The van der Waals surface area contributed by atoms with Crippen molar-refractivity contribution in [1.82, 2.24) is 0 Å². The summed E-state index contributed by atoms with van der Waals surface area (Å²) >= 11 is 5.84. The normalized spacial score (nSPS) is 11.9. The molecule has 2 aromatic carbocycles. The highest BCUT2D eigenvalue weighted by Crippen LogP contribution is 2.17. The Labute approximate surface area is 122 Å². The second-order valence-corrected chi connectivity index (χ2v) is 4.98. The number of benzene rings is 2. The molecule has 0 aliphatic heterocycles. The summed E-state index contributed by atoms with van der Waals surface area (Å²) in [5.74, 6) is -0.421. The third-order valence-corrected chi connectivity index (χ3v) is 3.16. The smallest absolute Gasteiger partial charge is 0.344 e. The highest BCUT2D eigenvalue weighted by Gasteiger charge is 2.11. The van der Waals surface area contributed by atoms with E-state index in [1.807, 2.05) is 36.4 Å². The fourth-order valence-corrected chi connectivity index (χ4v) is 1.90. The number of rotatable bonds is 5. The van der Waals surface area contributed by atoms with Crippen molar-refractivity contribution in [3.05, 3.63) is 64.7 Å². The van der Waals surface area contributed by atoms with Gasteiger partial charge in [-0.1, -0.05) is 35.9 Å². The van der Waals surface area contributed by atoms with Crippen molar-refractivity contribution >= 4 is 17.6 Å². The number of halogens is 1. The summed E-state index contributed by atoms with van der Waals surface area (Å²) in [6, 6.07) is 15.1. The first-order valence-corrected chi connectivity index (χ1v) is 6.65. The predicted molar refractivity (Wildman–Crippen MR) is 78.4 cm³/mol. The van der Waals surface area contributed by atoms with E-state index in [1.54, 1.807) is 12.1 Å². The molecule has 2 aromatic rings. The van der Waals surface area contributed by atoms with Crippen molar-refractivity contribution in [2.75, 3.05) is 0 Å². The van der Waals surface area contributed by atoms with Crippen LogP contribution in [0.4, 0.5) is 0 Å². The van der Waals surface area contributed by atoms with Crippen molar-refractivity contribution in [1.29, 1.82) is 0 Å². The second kappa shape index (κ2) is 6.44. The maximum atomic E-state index is 10.7. The van der Waals surface area contributed by atoms with Gasteiger partial charge in [-0.15, -0.1) is 0 Å². The van der Waals surface area contributed by atoms with Gasteiger partial charge in [-0.3, -0.25) is 0 Å². The van der Waals surface area contributed by atoms with Crippen molar-refractivity contribution in [3.63, 3.8) is 0 Å². The van der Waals surface area contributed by atoms with E-state index < -0.39 is 12.1 Å². The van der Waals surface area contributed by atoms with Gasteiger partial charge in [0.1, 0.15) is 5.75 Å². The zero-order valence-corrected chi connectivity index (χ0v) is 11.8. The van der Waals surface area contributed by atoms with Gasteiger partial charge in [0, 0.05) is 5.02 Å². The van der Waals surface area contributed by atoms with Crippen LogP contribution in [0.3, 0.4) is 0 Å². The monoisotopic (exact) mass is 290 g/mol. The van der Waals surface area contributed by atoms with E-state index in [0.717, 1.165) is 17.0 Å². The van der Waals surface area contributed by atoms with Crippen LogP contribution < -0.4 is 4.74 Å². The summed E-state index contributed by atoms with van der Waals surface area (Å²) in [7, 11) is 0. The van der Waals surface area contributed by atoms with Gasteiger partial charge < -0.3 is 9.84 Å². The van der Waals surface area contributed by atoms with Crippen LogP contribution in [-0.4, -0.2) is 17.2 Å². The molecule has 0 spiro atoms. The Kier molecular flexibility index (Phi) is 4.64. The first-order chi connectivity index (χ1) is 9.54. The van der Waals surface area contributed by atoms with Gasteiger partial charge in [-0.2, -0.15) is 0 Å². The number of hydrogen-bond acceptors (Lipinski definition) is 2. The number of carboxylic acid groups (broad SMARTS) is 1. The van der Waals surface area contributed by atoms with Gasteiger partial charge >= 0.3 is 5.97 Å². The largest absolute Gasteiger partial charge is 0.479 e.